The lowest BCUT2D eigenvalue weighted by atomic mass is 10.0. The van der Waals surface area contributed by atoms with Gasteiger partial charge in [0.05, 0.1) is 12.2 Å². The topological polar surface area (TPSA) is 71.8 Å². The predicted molar refractivity (Wildman–Crippen MR) is 45.6 cm³/mol. The van der Waals surface area contributed by atoms with Crippen molar-refractivity contribution in [2.24, 2.45) is 5.73 Å². The first-order chi connectivity index (χ1) is 5.79. The number of aromatic amines is 1. The van der Waals surface area contributed by atoms with Gasteiger partial charge in [-0.25, -0.2) is 4.98 Å². The molecule has 0 saturated heterocycles. The first kappa shape index (κ1) is 8.67. The fourth-order valence-corrected chi connectivity index (χ4v) is 0.996. The molecule has 1 aromatic rings. The van der Waals surface area contributed by atoms with E-state index in [1.165, 1.54) is 12.4 Å². The number of nitrogens with two attached hydrogens (primary N) is 1. The Morgan fingerprint density at radius 2 is 2.67 bits per heavy atom. The molecule has 4 nitrogen and oxygen atoms in total. The maximum absolute atomic E-state index is 11.2. The summed E-state index contributed by atoms with van der Waals surface area (Å²) in [4.78, 5) is 17.8. The lowest BCUT2D eigenvalue weighted by Crippen LogP contribution is -2.20. The van der Waals surface area contributed by atoms with Crippen molar-refractivity contribution in [1.82, 2.24) is 9.97 Å². The molecular formula is C8H11N3O. The molecular weight excluding hydrogens is 154 g/mol. The Morgan fingerprint density at radius 3 is 3.08 bits per heavy atom. The average Bonchev–Trinajstić information content (AvgIpc) is 2.58. The van der Waals surface area contributed by atoms with Crippen LogP contribution in [0.4, 0.5) is 0 Å². The lowest BCUT2D eigenvalue weighted by molar-refractivity contribution is -0.115. The zero-order valence-corrected chi connectivity index (χ0v) is 6.66. The Morgan fingerprint density at radius 1 is 1.92 bits per heavy atom. The summed E-state index contributed by atoms with van der Waals surface area (Å²) in [5.41, 5.74) is 6.16. The van der Waals surface area contributed by atoms with Crippen molar-refractivity contribution in [3.05, 3.63) is 30.9 Å². The third-order valence-corrected chi connectivity index (χ3v) is 1.68. The van der Waals surface area contributed by atoms with Crippen LogP contribution in [0.2, 0.25) is 0 Å². The van der Waals surface area contributed by atoms with Crippen LogP contribution in [0.1, 0.15) is 11.6 Å². The normalized spacial score (nSPS) is 12.4. The molecule has 1 rings (SSSR count). The molecule has 0 aliphatic rings. The van der Waals surface area contributed by atoms with Gasteiger partial charge in [-0.1, -0.05) is 6.58 Å². The Kier molecular flexibility index (Phi) is 2.76. The fraction of sp³-hybridized carbons (Fsp3) is 0.250. The number of nitrogens with one attached hydrogen (secondary N) is 1. The Bertz CT molecular complexity index is 266. The van der Waals surface area contributed by atoms with Crippen LogP contribution in [-0.2, 0) is 4.79 Å². The molecule has 0 saturated carbocycles. The average molecular weight is 165 g/mol. The van der Waals surface area contributed by atoms with E-state index in [2.05, 4.69) is 16.5 Å². The van der Waals surface area contributed by atoms with Crippen molar-refractivity contribution in [3.63, 3.8) is 0 Å². The second kappa shape index (κ2) is 3.82. The molecule has 0 amide bonds. The van der Waals surface area contributed by atoms with E-state index in [-0.39, 0.29) is 18.2 Å². The number of ketones is 1. The van der Waals surface area contributed by atoms with Gasteiger partial charge in [0.1, 0.15) is 0 Å². The summed E-state index contributed by atoms with van der Waals surface area (Å²) in [7, 11) is 0. The quantitative estimate of drug-likeness (QED) is 0.626. The molecule has 0 aromatic carbocycles. The number of H-pyrrole nitrogens is 1. The van der Waals surface area contributed by atoms with Crippen molar-refractivity contribution in [1.29, 1.82) is 0 Å². The van der Waals surface area contributed by atoms with Gasteiger partial charge in [-0.3, -0.25) is 4.79 Å². The molecule has 4 heteroatoms. The summed E-state index contributed by atoms with van der Waals surface area (Å²) in [6.45, 7) is 3.67. The molecule has 1 unspecified atom stereocenters. The molecule has 0 fully saturated rings. The zero-order valence-electron chi connectivity index (χ0n) is 6.66. The van der Waals surface area contributed by atoms with Gasteiger partial charge in [-0.2, -0.15) is 0 Å². The van der Waals surface area contributed by atoms with Gasteiger partial charge in [0.2, 0.25) is 0 Å². The number of hydrogen-bond donors (Lipinski definition) is 2. The van der Waals surface area contributed by atoms with Crippen LogP contribution in [0.15, 0.2) is 25.2 Å². The molecule has 1 atom stereocenters. The van der Waals surface area contributed by atoms with Crippen LogP contribution < -0.4 is 5.73 Å². The van der Waals surface area contributed by atoms with Gasteiger partial charge >= 0.3 is 0 Å². The fourth-order valence-electron chi connectivity index (χ4n) is 0.996. The second-order valence-electron chi connectivity index (χ2n) is 2.40. The maximum atomic E-state index is 11.2. The minimum Gasteiger partial charge on any atom is -0.348 e. The van der Waals surface area contributed by atoms with Crippen LogP contribution in [0.3, 0.4) is 0 Å². The van der Waals surface area contributed by atoms with Gasteiger partial charge in [-0.15, -0.1) is 0 Å². The van der Waals surface area contributed by atoms with E-state index in [0.717, 1.165) is 5.69 Å². The van der Waals surface area contributed by atoms with Crippen LogP contribution in [0, 0.1) is 0 Å². The Hall–Kier alpha value is -1.42. The second-order valence-corrected chi connectivity index (χ2v) is 2.40. The van der Waals surface area contributed by atoms with E-state index in [4.69, 9.17) is 5.73 Å². The highest BCUT2D eigenvalue weighted by atomic mass is 16.1. The highest BCUT2D eigenvalue weighted by Crippen LogP contribution is 2.11. The third kappa shape index (κ3) is 1.60. The van der Waals surface area contributed by atoms with E-state index >= 15 is 0 Å². The van der Waals surface area contributed by atoms with Gasteiger partial charge in [0.25, 0.3) is 0 Å². The minimum absolute atomic E-state index is 0.0817. The van der Waals surface area contributed by atoms with E-state index in [1.807, 2.05) is 0 Å². The molecule has 0 radical (unpaired) electrons. The van der Waals surface area contributed by atoms with Crippen molar-refractivity contribution in [2.75, 3.05) is 6.54 Å². The SMILES string of the molecule is C=CC(=O)C(CN)c1cnc[nH]1. The molecule has 0 spiro atoms. The molecule has 1 aromatic heterocycles. The van der Waals surface area contributed by atoms with Crippen molar-refractivity contribution < 1.29 is 4.79 Å². The molecule has 0 bridgehead atoms. The van der Waals surface area contributed by atoms with Gasteiger partial charge in [0.15, 0.2) is 5.78 Å². The summed E-state index contributed by atoms with van der Waals surface area (Å²) < 4.78 is 0. The first-order valence-electron chi connectivity index (χ1n) is 3.64. The van der Waals surface area contributed by atoms with E-state index in [1.54, 1.807) is 6.20 Å². The van der Waals surface area contributed by atoms with Gasteiger partial charge < -0.3 is 10.7 Å². The summed E-state index contributed by atoms with van der Waals surface area (Å²) in [5, 5.41) is 0. The number of aromatic nitrogens is 2. The third-order valence-electron chi connectivity index (χ3n) is 1.68. The van der Waals surface area contributed by atoms with Crippen molar-refractivity contribution in [2.45, 2.75) is 5.92 Å². The first-order valence-corrected chi connectivity index (χ1v) is 3.64. The summed E-state index contributed by atoms with van der Waals surface area (Å²) >= 11 is 0. The van der Waals surface area contributed by atoms with Gasteiger partial charge in [0, 0.05) is 18.4 Å². The minimum atomic E-state index is -0.329. The predicted octanol–water partition coefficient (Wildman–Crippen LogP) is 0.207. The number of hydrogen-bond acceptors (Lipinski definition) is 3. The zero-order chi connectivity index (χ0) is 8.97. The number of nitrogens with zero attached hydrogens (tertiary/aromatic N) is 1. The highest BCUT2D eigenvalue weighted by molar-refractivity contribution is 5.94. The summed E-state index contributed by atoms with van der Waals surface area (Å²) in [5.74, 6) is -0.410. The molecule has 0 aliphatic heterocycles. The summed E-state index contributed by atoms with van der Waals surface area (Å²) in [6, 6.07) is 0. The lowest BCUT2D eigenvalue weighted by Gasteiger charge is -2.07. The monoisotopic (exact) mass is 165 g/mol. The number of carbonyl (C=O) groups excluding carboxylic acids is 1. The molecule has 3 N–H and O–H groups in total. The number of carbonyl (C=O) groups is 1. The molecule has 0 aliphatic carbocycles. The maximum Gasteiger partial charge on any atom is 0.165 e. The van der Waals surface area contributed by atoms with Gasteiger partial charge in [-0.05, 0) is 6.08 Å². The molecule has 1 heterocycles. The smallest absolute Gasteiger partial charge is 0.165 e. The van der Waals surface area contributed by atoms with Crippen LogP contribution >= 0.6 is 0 Å². The number of rotatable bonds is 4. The number of allylic oxidation sites excluding steroid dienone is 1. The van der Waals surface area contributed by atoms with Crippen LogP contribution in [0.5, 0.6) is 0 Å². The largest absolute Gasteiger partial charge is 0.348 e. The van der Waals surface area contributed by atoms with E-state index in [0.29, 0.717) is 0 Å². The summed E-state index contributed by atoms with van der Waals surface area (Å²) in [6.07, 6.45) is 4.39. The Balaban J connectivity index is 2.83. The molecule has 12 heavy (non-hydrogen) atoms. The van der Waals surface area contributed by atoms with Crippen LogP contribution in [0.25, 0.3) is 0 Å². The van der Waals surface area contributed by atoms with Crippen molar-refractivity contribution in [3.8, 4) is 0 Å². The Labute approximate surface area is 70.5 Å². The standard InChI is InChI=1S/C8H11N3O/c1-2-8(12)6(3-9)7-4-10-5-11-7/h2,4-6H,1,3,9H2,(H,10,11). The number of imidazole rings is 1. The van der Waals surface area contributed by atoms with Crippen molar-refractivity contribution >= 4 is 5.78 Å². The van der Waals surface area contributed by atoms with E-state index in [9.17, 15) is 4.79 Å². The van der Waals surface area contributed by atoms with Crippen LogP contribution in [-0.4, -0.2) is 22.3 Å². The molecule has 64 valence electrons. The van der Waals surface area contributed by atoms with E-state index < -0.39 is 0 Å². The highest BCUT2D eigenvalue weighted by Gasteiger charge is 2.16.